The fourth-order valence-corrected chi connectivity index (χ4v) is 6.42. The summed E-state index contributed by atoms with van der Waals surface area (Å²) in [5.74, 6) is 0.658. The maximum Gasteiger partial charge on any atom is 0.251 e. The standard InChI is InChI=1S/C29H33N5O5S/c1-20(35)29(36)34-9-6-24(7-10-34)39-27-5-4-22(16-23(27)17-30)26-19-32-28-25(26)15-21(18-31-28)3-2-8-33-11-13-40(37,38)14-12-33/h2-5,15-16,18-20,24,35H,6-14H2,1H3,(H,31,32)/b3-2+/t20-/m0/s1. The molecule has 4 heterocycles. The first-order chi connectivity index (χ1) is 19.2. The van der Waals surface area contributed by atoms with E-state index in [-0.39, 0.29) is 23.5 Å². The van der Waals surface area contributed by atoms with Gasteiger partial charge in [-0.05, 0) is 36.2 Å². The Morgan fingerprint density at radius 3 is 2.70 bits per heavy atom. The molecule has 1 amide bonds. The van der Waals surface area contributed by atoms with Gasteiger partial charge in [0, 0.05) is 68.9 Å². The number of rotatable bonds is 7. The lowest BCUT2D eigenvalue weighted by Crippen LogP contribution is -2.45. The first-order valence-corrected chi connectivity index (χ1v) is 15.3. The van der Waals surface area contributed by atoms with Crippen LogP contribution in [0, 0.1) is 11.3 Å². The Morgan fingerprint density at radius 2 is 2.00 bits per heavy atom. The zero-order chi connectivity index (χ0) is 28.3. The van der Waals surface area contributed by atoms with Crippen LogP contribution >= 0.6 is 0 Å². The molecule has 2 aliphatic heterocycles. The van der Waals surface area contributed by atoms with E-state index in [1.807, 2.05) is 42.6 Å². The summed E-state index contributed by atoms with van der Waals surface area (Å²) in [5, 5.41) is 20.3. The van der Waals surface area contributed by atoms with Crippen LogP contribution in [0.1, 0.15) is 30.9 Å². The van der Waals surface area contributed by atoms with Crippen LogP contribution in [0.25, 0.3) is 28.2 Å². The first kappa shape index (κ1) is 27.8. The minimum atomic E-state index is -2.89. The molecule has 5 rings (SSSR count). The number of benzene rings is 1. The molecule has 0 aliphatic carbocycles. The molecule has 2 aromatic heterocycles. The zero-order valence-electron chi connectivity index (χ0n) is 22.4. The number of pyridine rings is 1. The van der Waals surface area contributed by atoms with Crippen LogP contribution in [0.2, 0.25) is 0 Å². The monoisotopic (exact) mass is 563 g/mol. The van der Waals surface area contributed by atoms with Crippen molar-refractivity contribution in [2.75, 3.05) is 44.2 Å². The Morgan fingerprint density at radius 1 is 1.25 bits per heavy atom. The number of aliphatic hydroxyl groups is 1. The van der Waals surface area contributed by atoms with Gasteiger partial charge < -0.3 is 19.7 Å². The molecule has 10 nitrogen and oxygen atoms in total. The summed E-state index contributed by atoms with van der Waals surface area (Å²) in [4.78, 5) is 23.5. The van der Waals surface area contributed by atoms with E-state index in [0.717, 1.165) is 27.7 Å². The lowest BCUT2D eigenvalue weighted by molar-refractivity contribution is -0.141. The number of hydrogen-bond donors (Lipinski definition) is 2. The number of nitriles is 1. The Labute approximate surface area is 233 Å². The predicted molar refractivity (Wildman–Crippen MR) is 152 cm³/mol. The van der Waals surface area contributed by atoms with E-state index in [1.165, 1.54) is 6.92 Å². The van der Waals surface area contributed by atoms with Crippen molar-refractivity contribution in [3.05, 3.63) is 53.9 Å². The molecule has 0 radical (unpaired) electrons. The van der Waals surface area contributed by atoms with Crippen LogP contribution in [0.15, 0.2) is 42.7 Å². The number of aromatic nitrogens is 2. The van der Waals surface area contributed by atoms with Crippen molar-refractivity contribution < 1.29 is 23.1 Å². The van der Waals surface area contributed by atoms with Gasteiger partial charge in [0.1, 0.15) is 29.7 Å². The number of aromatic amines is 1. The summed E-state index contributed by atoms with van der Waals surface area (Å²) >= 11 is 0. The number of ether oxygens (including phenoxy) is 1. The van der Waals surface area contributed by atoms with E-state index in [4.69, 9.17) is 4.74 Å². The molecular formula is C29H33N5O5S. The molecule has 40 heavy (non-hydrogen) atoms. The van der Waals surface area contributed by atoms with Crippen molar-refractivity contribution in [2.24, 2.45) is 0 Å². The highest BCUT2D eigenvalue weighted by atomic mass is 32.2. The second kappa shape index (κ2) is 11.8. The summed E-state index contributed by atoms with van der Waals surface area (Å²) in [5.41, 5.74) is 3.89. The van der Waals surface area contributed by atoms with Crippen LogP contribution in [-0.2, 0) is 14.6 Å². The van der Waals surface area contributed by atoms with Crippen LogP contribution in [0.3, 0.4) is 0 Å². The molecule has 0 saturated carbocycles. The Balaban J connectivity index is 1.27. The minimum Gasteiger partial charge on any atom is -0.489 e. The van der Waals surface area contributed by atoms with Crippen LogP contribution < -0.4 is 4.74 Å². The number of sulfone groups is 1. The maximum absolute atomic E-state index is 12.0. The number of nitrogens with one attached hydrogen (secondary N) is 1. The van der Waals surface area contributed by atoms with Gasteiger partial charge >= 0.3 is 0 Å². The van der Waals surface area contributed by atoms with E-state index in [0.29, 0.717) is 56.9 Å². The number of amides is 1. The third-order valence-electron chi connectivity index (χ3n) is 7.48. The summed E-state index contributed by atoms with van der Waals surface area (Å²) in [6.07, 6.45) is 7.82. The average Bonchev–Trinajstić information content (AvgIpc) is 3.37. The Kier molecular flexibility index (Phi) is 8.21. The van der Waals surface area contributed by atoms with Crippen molar-refractivity contribution in [3.8, 4) is 22.9 Å². The fourth-order valence-electron chi connectivity index (χ4n) is 5.15. The van der Waals surface area contributed by atoms with Crippen LogP contribution in [0.4, 0.5) is 0 Å². The van der Waals surface area contributed by atoms with Crippen molar-refractivity contribution in [1.29, 1.82) is 5.26 Å². The van der Waals surface area contributed by atoms with Crippen LogP contribution in [0.5, 0.6) is 5.75 Å². The quantitative estimate of drug-likeness (QED) is 0.447. The number of fused-ring (bicyclic) bond motifs is 1. The number of carbonyl (C=O) groups excluding carboxylic acids is 1. The summed E-state index contributed by atoms with van der Waals surface area (Å²) < 4.78 is 29.4. The smallest absolute Gasteiger partial charge is 0.251 e. The van der Waals surface area contributed by atoms with Gasteiger partial charge in [-0.15, -0.1) is 0 Å². The van der Waals surface area contributed by atoms with Crippen molar-refractivity contribution in [3.63, 3.8) is 0 Å². The third-order valence-corrected chi connectivity index (χ3v) is 9.09. The first-order valence-electron chi connectivity index (χ1n) is 13.5. The molecule has 0 unspecified atom stereocenters. The molecule has 2 saturated heterocycles. The van der Waals surface area contributed by atoms with Crippen molar-refractivity contribution >= 4 is 32.9 Å². The van der Waals surface area contributed by atoms with E-state index < -0.39 is 15.9 Å². The molecule has 1 aromatic carbocycles. The number of piperidine rings is 1. The zero-order valence-corrected chi connectivity index (χ0v) is 23.2. The number of carbonyl (C=O) groups is 1. The summed E-state index contributed by atoms with van der Waals surface area (Å²) in [6.45, 7) is 4.27. The lowest BCUT2D eigenvalue weighted by atomic mass is 10.0. The normalized spacial score (nSPS) is 19.1. The number of nitrogens with zero attached hydrogens (tertiary/aromatic N) is 4. The molecular weight excluding hydrogens is 530 g/mol. The van der Waals surface area contributed by atoms with Crippen molar-refractivity contribution in [2.45, 2.75) is 32.0 Å². The topological polar surface area (TPSA) is 140 Å². The Hall–Kier alpha value is -3.72. The van der Waals surface area contributed by atoms with Crippen molar-refractivity contribution in [1.82, 2.24) is 19.8 Å². The lowest BCUT2D eigenvalue weighted by Gasteiger charge is -2.33. The molecule has 2 aliphatic rings. The molecule has 210 valence electrons. The Bertz CT molecular complexity index is 1550. The number of likely N-dealkylation sites (tertiary alicyclic amines) is 1. The molecule has 3 aromatic rings. The summed E-state index contributed by atoms with van der Waals surface area (Å²) in [7, 11) is -2.89. The molecule has 0 spiro atoms. The van der Waals surface area contributed by atoms with Gasteiger partial charge in [0.15, 0.2) is 9.84 Å². The highest BCUT2D eigenvalue weighted by Gasteiger charge is 2.26. The third kappa shape index (κ3) is 6.36. The van der Waals surface area contributed by atoms with E-state index in [2.05, 4.69) is 20.9 Å². The predicted octanol–water partition coefficient (Wildman–Crippen LogP) is 2.60. The van der Waals surface area contributed by atoms with Crippen LogP contribution in [-0.4, -0.2) is 95.6 Å². The van der Waals surface area contributed by atoms with Gasteiger partial charge in [0.05, 0.1) is 17.1 Å². The fraction of sp³-hybridized carbons (Fsp3) is 0.414. The molecule has 1 atom stereocenters. The van der Waals surface area contributed by atoms with Gasteiger partial charge in [0.2, 0.25) is 0 Å². The largest absolute Gasteiger partial charge is 0.489 e. The van der Waals surface area contributed by atoms with Gasteiger partial charge in [0.25, 0.3) is 5.91 Å². The molecule has 0 bridgehead atoms. The summed E-state index contributed by atoms with van der Waals surface area (Å²) in [6, 6.07) is 9.86. The molecule has 2 fully saturated rings. The van der Waals surface area contributed by atoms with E-state index in [9.17, 15) is 23.6 Å². The maximum atomic E-state index is 12.0. The highest BCUT2D eigenvalue weighted by Crippen LogP contribution is 2.33. The van der Waals surface area contributed by atoms with Gasteiger partial charge in [-0.2, -0.15) is 5.26 Å². The number of H-pyrrole nitrogens is 1. The molecule has 2 N–H and O–H groups in total. The van der Waals surface area contributed by atoms with E-state index >= 15 is 0 Å². The molecule has 11 heteroatoms. The number of aliphatic hydroxyl groups excluding tert-OH is 1. The second-order valence-electron chi connectivity index (χ2n) is 10.4. The van der Waals surface area contributed by atoms with Gasteiger partial charge in [-0.1, -0.05) is 18.2 Å². The highest BCUT2D eigenvalue weighted by molar-refractivity contribution is 7.91. The minimum absolute atomic E-state index is 0.114. The second-order valence-corrected chi connectivity index (χ2v) is 12.7. The number of hydrogen-bond acceptors (Lipinski definition) is 8. The van der Waals surface area contributed by atoms with Gasteiger partial charge in [-0.3, -0.25) is 9.69 Å². The SMILES string of the molecule is C[C@H](O)C(=O)N1CCC(Oc2ccc(-c3c[nH]c4ncc(/C=C/CN5CCS(=O)(=O)CC5)cc34)cc2C#N)CC1. The van der Waals surface area contributed by atoms with Gasteiger partial charge in [-0.25, -0.2) is 13.4 Å². The van der Waals surface area contributed by atoms with E-state index in [1.54, 1.807) is 11.1 Å². The average molecular weight is 564 g/mol.